The van der Waals surface area contributed by atoms with Crippen molar-refractivity contribution in [1.29, 1.82) is 0 Å². The predicted octanol–water partition coefficient (Wildman–Crippen LogP) is 2.56. The minimum Gasteiger partial charge on any atom is -0.497 e. The predicted molar refractivity (Wildman–Crippen MR) is 93.8 cm³/mol. The molecule has 0 amide bonds. The molecule has 1 aromatic heterocycles. The van der Waals surface area contributed by atoms with Gasteiger partial charge in [0.1, 0.15) is 11.5 Å². The Morgan fingerprint density at radius 1 is 1.12 bits per heavy atom. The summed E-state index contributed by atoms with van der Waals surface area (Å²) in [6.07, 6.45) is 0. The number of hydrogen-bond donors (Lipinski definition) is 2. The molecule has 0 saturated carbocycles. The zero-order valence-corrected chi connectivity index (χ0v) is 14.0. The number of ether oxygens (including phenoxy) is 2. The third kappa shape index (κ3) is 2.68. The standard InChI is InChI=1S/C17H16N2O4S/c1-22-11-4-6-15(10(7-11)9-20)19-16(21)13-8-12(23-2)3-5-14(13)18-17(19)24/h3-8,20H,9H2,1-2H3,(H,18,24). The van der Waals surface area contributed by atoms with E-state index in [0.717, 1.165) is 0 Å². The topological polar surface area (TPSA) is 76.5 Å². The van der Waals surface area contributed by atoms with Crippen molar-refractivity contribution in [1.82, 2.24) is 9.55 Å². The van der Waals surface area contributed by atoms with Crippen LogP contribution in [0.25, 0.3) is 16.6 Å². The Bertz CT molecular complexity index is 1020. The van der Waals surface area contributed by atoms with Crippen molar-refractivity contribution in [3.8, 4) is 17.2 Å². The second kappa shape index (κ2) is 6.46. The number of nitrogens with one attached hydrogen (secondary N) is 1. The molecule has 0 spiro atoms. The van der Waals surface area contributed by atoms with E-state index in [1.807, 2.05) is 0 Å². The molecular formula is C17H16N2O4S. The lowest BCUT2D eigenvalue weighted by Crippen LogP contribution is -2.21. The van der Waals surface area contributed by atoms with Gasteiger partial charge in [0.2, 0.25) is 0 Å². The lowest BCUT2D eigenvalue weighted by molar-refractivity contribution is 0.280. The van der Waals surface area contributed by atoms with Gasteiger partial charge in [-0.3, -0.25) is 9.36 Å². The molecule has 1 heterocycles. The van der Waals surface area contributed by atoms with E-state index >= 15 is 0 Å². The smallest absolute Gasteiger partial charge is 0.266 e. The summed E-state index contributed by atoms with van der Waals surface area (Å²) in [6, 6.07) is 10.2. The molecule has 0 radical (unpaired) electrons. The van der Waals surface area contributed by atoms with Crippen LogP contribution in [0.4, 0.5) is 0 Å². The summed E-state index contributed by atoms with van der Waals surface area (Å²) >= 11 is 5.34. The van der Waals surface area contributed by atoms with Crippen molar-refractivity contribution < 1.29 is 14.6 Å². The average Bonchev–Trinajstić information content (AvgIpc) is 2.61. The summed E-state index contributed by atoms with van der Waals surface area (Å²) in [5.41, 5.74) is 1.39. The van der Waals surface area contributed by atoms with Crippen molar-refractivity contribution in [3.63, 3.8) is 0 Å². The van der Waals surface area contributed by atoms with E-state index < -0.39 is 0 Å². The molecule has 7 heteroatoms. The van der Waals surface area contributed by atoms with Gasteiger partial charge in [0.05, 0.1) is 37.4 Å². The maximum absolute atomic E-state index is 12.9. The summed E-state index contributed by atoms with van der Waals surface area (Å²) in [5.74, 6) is 1.17. The zero-order chi connectivity index (χ0) is 17.3. The average molecular weight is 344 g/mol. The van der Waals surface area contributed by atoms with E-state index in [9.17, 15) is 9.90 Å². The number of fused-ring (bicyclic) bond motifs is 1. The largest absolute Gasteiger partial charge is 0.497 e. The van der Waals surface area contributed by atoms with Crippen molar-refractivity contribution in [2.45, 2.75) is 6.61 Å². The molecule has 0 bridgehead atoms. The normalized spacial score (nSPS) is 10.8. The van der Waals surface area contributed by atoms with Crippen molar-refractivity contribution in [2.75, 3.05) is 14.2 Å². The number of aliphatic hydroxyl groups is 1. The summed E-state index contributed by atoms with van der Waals surface area (Å²) in [5, 5.41) is 10.1. The number of rotatable bonds is 4. The van der Waals surface area contributed by atoms with Gasteiger partial charge in [-0.2, -0.15) is 0 Å². The highest BCUT2D eigenvalue weighted by molar-refractivity contribution is 7.71. The molecule has 0 saturated heterocycles. The third-order valence-corrected chi connectivity index (χ3v) is 4.09. The molecule has 3 rings (SSSR count). The minimum absolute atomic E-state index is 0.246. The molecule has 0 aliphatic heterocycles. The molecule has 2 N–H and O–H groups in total. The Labute approximate surface area is 142 Å². The number of aromatic amines is 1. The van der Waals surface area contributed by atoms with Gasteiger partial charge in [0.25, 0.3) is 5.56 Å². The molecule has 0 unspecified atom stereocenters. The molecule has 6 nitrogen and oxygen atoms in total. The van der Waals surface area contributed by atoms with Gasteiger partial charge in [-0.15, -0.1) is 0 Å². The second-order valence-electron chi connectivity index (χ2n) is 5.13. The van der Waals surface area contributed by atoms with E-state index in [-0.39, 0.29) is 16.9 Å². The van der Waals surface area contributed by atoms with Crippen LogP contribution in [0.5, 0.6) is 11.5 Å². The molecule has 24 heavy (non-hydrogen) atoms. The van der Waals surface area contributed by atoms with Gasteiger partial charge in [0, 0.05) is 5.56 Å². The van der Waals surface area contributed by atoms with Crippen molar-refractivity contribution >= 4 is 23.1 Å². The summed E-state index contributed by atoms with van der Waals surface area (Å²) in [6.45, 7) is -0.246. The highest BCUT2D eigenvalue weighted by Gasteiger charge is 2.12. The van der Waals surface area contributed by atoms with E-state index in [0.29, 0.717) is 33.7 Å². The first kappa shape index (κ1) is 16.2. The van der Waals surface area contributed by atoms with Gasteiger partial charge in [0.15, 0.2) is 4.77 Å². The molecule has 3 aromatic rings. The molecule has 2 aromatic carbocycles. The molecule has 124 valence electrons. The molecule has 0 atom stereocenters. The Morgan fingerprint density at radius 3 is 2.46 bits per heavy atom. The third-order valence-electron chi connectivity index (χ3n) is 3.80. The zero-order valence-electron chi connectivity index (χ0n) is 13.2. The summed E-state index contributed by atoms with van der Waals surface area (Å²) < 4.78 is 12.0. The van der Waals surface area contributed by atoms with Crippen LogP contribution in [0.1, 0.15) is 5.56 Å². The van der Waals surface area contributed by atoms with Crippen molar-refractivity contribution in [2.24, 2.45) is 0 Å². The van der Waals surface area contributed by atoms with Gasteiger partial charge in [-0.25, -0.2) is 0 Å². The summed E-state index contributed by atoms with van der Waals surface area (Å²) in [7, 11) is 3.08. The highest BCUT2D eigenvalue weighted by atomic mass is 32.1. The first-order chi connectivity index (χ1) is 11.6. The fourth-order valence-corrected chi connectivity index (χ4v) is 2.86. The number of H-pyrrole nitrogens is 1. The number of methoxy groups -OCH3 is 2. The van der Waals surface area contributed by atoms with Crippen LogP contribution in [0, 0.1) is 4.77 Å². The Balaban J connectivity index is 2.34. The molecule has 0 aliphatic carbocycles. The maximum atomic E-state index is 12.9. The van der Waals surface area contributed by atoms with E-state index in [1.165, 1.54) is 18.8 Å². The fourth-order valence-electron chi connectivity index (χ4n) is 2.57. The van der Waals surface area contributed by atoms with E-state index in [4.69, 9.17) is 21.7 Å². The van der Waals surface area contributed by atoms with Crippen molar-refractivity contribution in [3.05, 3.63) is 57.1 Å². The second-order valence-corrected chi connectivity index (χ2v) is 5.52. The van der Waals surface area contributed by atoms with Crippen LogP contribution < -0.4 is 15.0 Å². The van der Waals surface area contributed by atoms with Crippen LogP contribution in [-0.4, -0.2) is 28.9 Å². The fraction of sp³-hybridized carbons (Fsp3) is 0.176. The first-order valence-electron chi connectivity index (χ1n) is 7.20. The van der Waals surface area contributed by atoms with Crippen LogP contribution in [-0.2, 0) is 6.61 Å². The van der Waals surface area contributed by atoms with Crippen LogP contribution in [0.2, 0.25) is 0 Å². The van der Waals surface area contributed by atoms with Gasteiger partial charge in [-0.1, -0.05) is 0 Å². The lowest BCUT2D eigenvalue weighted by Gasteiger charge is -2.13. The Kier molecular flexibility index (Phi) is 4.37. The molecule has 0 fully saturated rings. The van der Waals surface area contributed by atoms with Crippen LogP contribution in [0.3, 0.4) is 0 Å². The molecular weight excluding hydrogens is 328 g/mol. The van der Waals surface area contributed by atoms with Gasteiger partial charge >= 0.3 is 0 Å². The summed E-state index contributed by atoms with van der Waals surface area (Å²) in [4.78, 5) is 16.0. The lowest BCUT2D eigenvalue weighted by atomic mass is 10.1. The Hall–Kier alpha value is -2.64. The molecule has 0 aliphatic rings. The number of hydrogen-bond acceptors (Lipinski definition) is 5. The van der Waals surface area contributed by atoms with Gasteiger partial charge in [-0.05, 0) is 48.6 Å². The number of benzene rings is 2. The van der Waals surface area contributed by atoms with Crippen LogP contribution >= 0.6 is 12.2 Å². The SMILES string of the molecule is COc1ccc(-n2c(=S)[nH]c3ccc(OC)cc3c2=O)c(CO)c1. The van der Waals surface area contributed by atoms with E-state index in [2.05, 4.69) is 4.98 Å². The quantitative estimate of drug-likeness (QED) is 0.712. The number of aromatic nitrogens is 2. The van der Waals surface area contributed by atoms with E-state index in [1.54, 1.807) is 36.4 Å². The minimum atomic E-state index is -0.285. The number of nitrogens with zero attached hydrogens (tertiary/aromatic N) is 1. The number of aliphatic hydroxyl groups excluding tert-OH is 1. The van der Waals surface area contributed by atoms with Gasteiger partial charge < -0.3 is 19.6 Å². The highest BCUT2D eigenvalue weighted by Crippen LogP contribution is 2.22. The maximum Gasteiger partial charge on any atom is 0.266 e. The monoisotopic (exact) mass is 344 g/mol. The van der Waals surface area contributed by atoms with Crippen LogP contribution in [0.15, 0.2) is 41.2 Å². The Morgan fingerprint density at radius 2 is 1.79 bits per heavy atom. The first-order valence-corrected chi connectivity index (χ1v) is 7.61.